The van der Waals surface area contributed by atoms with Crippen LogP contribution in [-0.4, -0.2) is 37.5 Å². The number of carbonyl (C=O) groups excluding carboxylic acids is 3. The lowest BCUT2D eigenvalue weighted by molar-refractivity contribution is -0.140. The minimum absolute atomic E-state index is 0.192. The predicted molar refractivity (Wildman–Crippen MR) is 56.0 cm³/mol. The SMILES string of the molecule is COC(=O)CCCNC(=O)C(N)CC(N)=O. The van der Waals surface area contributed by atoms with Crippen LogP contribution in [0.15, 0.2) is 0 Å². The van der Waals surface area contributed by atoms with Crippen molar-refractivity contribution in [1.82, 2.24) is 5.32 Å². The molecule has 2 amide bonds. The van der Waals surface area contributed by atoms with Crippen LogP contribution in [0.3, 0.4) is 0 Å². The van der Waals surface area contributed by atoms with Crippen LogP contribution in [0.5, 0.6) is 0 Å². The number of nitrogens with one attached hydrogen (secondary N) is 1. The van der Waals surface area contributed by atoms with Gasteiger partial charge in [0.05, 0.1) is 19.6 Å². The van der Waals surface area contributed by atoms with Gasteiger partial charge < -0.3 is 21.5 Å². The number of methoxy groups -OCH3 is 1. The summed E-state index contributed by atoms with van der Waals surface area (Å²) in [6.07, 6.45) is 0.492. The monoisotopic (exact) mass is 231 g/mol. The number of rotatable bonds is 7. The van der Waals surface area contributed by atoms with Crippen molar-refractivity contribution in [3.8, 4) is 0 Å². The Balaban J connectivity index is 3.65. The molecule has 0 aromatic heterocycles. The molecule has 7 nitrogen and oxygen atoms in total. The summed E-state index contributed by atoms with van der Waals surface area (Å²) >= 11 is 0. The zero-order chi connectivity index (χ0) is 12.6. The van der Waals surface area contributed by atoms with E-state index in [1.807, 2.05) is 0 Å². The molecular formula is C9H17N3O4. The molecule has 0 aromatic rings. The van der Waals surface area contributed by atoms with E-state index < -0.39 is 17.9 Å². The van der Waals surface area contributed by atoms with Gasteiger partial charge >= 0.3 is 5.97 Å². The molecule has 5 N–H and O–H groups in total. The van der Waals surface area contributed by atoms with Crippen LogP contribution in [0.4, 0.5) is 0 Å². The number of primary amides is 1. The van der Waals surface area contributed by atoms with Gasteiger partial charge in [0.1, 0.15) is 0 Å². The first-order valence-electron chi connectivity index (χ1n) is 4.85. The van der Waals surface area contributed by atoms with Crippen molar-refractivity contribution in [3.05, 3.63) is 0 Å². The van der Waals surface area contributed by atoms with Crippen molar-refractivity contribution in [3.63, 3.8) is 0 Å². The Morgan fingerprint density at radius 1 is 1.38 bits per heavy atom. The maximum atomic E-state index is 11.2. The third-order valence-corrected chi connectivity index (χ3v) is 1.84. The molecule has 7 heteroatoms. The van der Waals surface area contributed by atoms with Gasteiger partial charge in [-0.25, -0.2) is 0 Å². The number of esters is 1. The quantitative estimate of drug-likeness (QED) is 0.354. The van der Waals surface area contributed by atoms with Gasteiger partial charge in [0.2, 0.25) is 11.8 Å². The molecule has 0 saturated carbocycles. The molecule has 0 aliphatic rings. The molecule has 0 aliphatic carbocycles. The molecule has 0 aromatic carbocycles. The molecule has 92 valence electrons. The average Bonchev–Trinajstić information content (AvgIpc) is 2.22. The van der Waals surface area contributed by atoms with Crippen LogP contribution in [0.1, 0.15) is 19.3 Å². The molecule has 0 saturated heterocycles. The maximum Gasteiger partial charge on any atom is 0.305 e. The first-order valence-corrected chi connectivity index (χ1v) is 4.85. The fraction of sp³-hybridized carbons (Fsp3) is 0.667. The lowest BCUT2D eigenvalue weighted by Gasteiger charge is -2.09. The highest BCUT2D eigenvalue weighted by atomic mass is 16.5. The highest BCUT2D eigenvalue weighted by Gasteiger charge is 2.15. The molecular weight excluding hydrogens is 214 g/mol. The maximum absolute atomic E-state index is 11.2. The van der Waals surface area contributed by atoms with Gasteiger partial charge in [-0.3, -0.25) is 14.4 Å². The topological polar surface area (TPSA) is 125 Å². The summed E-state index contributed by atoms with van der Waals surface area (Å²) in [5.41, 5.74) is 10.3. The first kappa shape index (κ1) is 14.4. The molecule has 0 spiro atoms. The van der Waals surface area contributed by atoms with Gasteiger partial charge in [0.25, 0.3) is 0 Å². The molecule has 0 fully saturated rings. The summed E-state index contributed by atoms with van der Waals surface area (Å²) in [5.74, 6) is -1.42. The Kier molecular flexibility index (Phi) is 6.86. The van der Waals surface area contributed by atoms with Gasteiger partial charge in [0.15, 0.2) is 0 Å². The molecule has 0 heterocycles. The number of carbonyl (C=O) groups is 3. The first-order chi connectivity index (χ1) is 7.47. The van der Waals surface area contributed by atoms with E-state index in [0.717, 1.165) is 0 Å². The van der Waals surface area contributed by atoms with E-state index in [-0.39, 0.29) is 18.8 Å². The predicted octanol–water partition coefficient (Wildman–Crippen LogP) is -1.74. The number of amides is 2. The van der Waals surface area contributed by atoms with E-state index in [2.05, 4.69) is 10.1 Å². The van der Waals surface area contributed by atoms with Crippen LogP contribution < -0.4 is 16.8 Å². The molecule has 0 bridgehead atoms. The lowest BCUT2D eigenvalue weighted by Crippen LogP contribution is -2.43. The van der Waals surface area contributed by atoms with Gasteiger partial charge in [-0.05, 0) is 6.42 Å². The lowest BCUT2D eigenvalue weighted by atomic mass is 10.2. The summed E-state index contributed by atoms with van der Waals surface area (Å²) < 4.78 is 4.42. The van der Waals surface area contributed by atoms with Crippen LogP contribution in [-0.2, 0) is 19.1 Å². The van der Waals surface area contributed by atoms with Crippen LogP contribution in [0.25, 0.3) is 0 Å². The van der Waals surface area contributed by atoms with E-state index in [0.29, 0.717) is 13.0 Å². The second kappa shape index (κ2) is 7.63. The molecule has 16 heavy (non-hydrogen) atoms. The zero-order valence-electron chi connectivity index (χ0n) is 9.19. The number of hydrogen-bond donors (Lipinski definition) is 3. The van der Waals surface area contributed by atoms with Crippen molar-refractivity contribution in [2.24, 2.45) is 11.5 Å². The van der Waals surface area contributed by atoms with Crippen LogP contribution >= 0.6 is 0 Å². The third-order valence-electron chi connectivity index (χ3n) is 1.84. The highest BCUT2D eigenvalue weighted by Crippen LogP contribution is 1.91. The Morgan fingerprint density at radius 3 is 2.50 bits per heavy atom. The number of ether oxygens (including phenoxy) is 1. The second-order valence-corrected chi connectivity index (χ2v) is 3.25. The zero-order valence-corrected chi connectivity index (χ0v) is 9.19. The smallest absolute Gasteiger partial charge is 0.305 e. The standard InChI is InChI=1S/C9H17N3O4/c1-16-8(14)3-2-4-12-9(15)6(10)5-7(11)13/h6H,2-5,10H2,1H3,(H2,11,13)(H,12,15). The third kappa shape index (κ3) is 6.77. The van der Waals surface area contributed by atoms with Gasteiger partial charge in [0, 0.05) is 13.0 Å². The summed E-state index contributed by atoms with van der Waals surface area (Å²) in [5, 5.41) is 2.49. The van der Waals surface area contributed by atoms with E-state index in [1.54, 1.807) is 0 Å². The summed E-state index contributed by atoms with van der Waals surface area (Å²) in [7, 11) is 1.30. The highest BCUT2D eigenvalue weighted by molar-refractivity contribution is 5.87. The van der Waals surface area contributed by atoms with E-state index >= 15 is 0 Å². The van der Waals surface area contributed by atoms with Crippen molar-refractivity contribution in [2.45, 2.75) is 25.3 Å². The van der Waals surface area contributed by atoms with Crippen LogP contribution in [0, 0.1) is 0 Å². The Bertz CT molecular complexity index is 267. The van der Waals surface area contributed by atoms with E-state index in [9.17, 15) is 14.4 Å². The van der Waals surface area contributed by atoms with Gasteiger partial charge in [-0.15, -0.1) is 0 Å². The van der Waals surface area contributed by atoms with E-state index in [1.165, 1.54) is 7.11 Å². The average molecular weight is 231 g/mol. The van der Waals surface area contributed by atoms with Crippen molar-refractivity contribution in [1.29, 1.82) is 0 Å². The van der Waals surface area contributed by atoms with E-state index in [4.69, 9.17) is 11.5 Å². The fourth-order valence-electron chi connectivity index (χ4n) is 0.987. The normalized spacial score (nSPS) is 11.6. The largest absolute Gasteiger partial charge is 0.469 e. The van der Waals surface area contributed by atoms with Gasteiger partial charge in [-0.1, -0.05) is 0 Å². The summed E-state index contributed by atoms with van der Waals surface area (Å²) in [6, 6.07) is -0.935. The van der Waals surface area contributed by atoms with Crippen molar-refractivity contribution < 1.29 is 19.1 Å². The minimum atomic E-state index is -0.935. The summed E-state index contributed by atoms with van der Waals surface area (Å²) in [4.78, 5) is 32.4. The second-order valence-electron chi connectivity index (χ2n) is 3.25. The molecule has 0 radical (unpaired) electrons. The van der Waals surface area contributed by atoms with Gasteiger partial charge in [-0.2, -0.15) is 0 Å². The molecule has 1 unspecified atom stereocenters. The Morgan fingerprint density at radius 2 is 2.00 bits per heavy atom. The minimum Gasteiger partial charge on any atom is -0.469 e. The van der Waals surface area contributed by atoms with Crippen molar-refractivity contribution >= 4 is 17.8 Å². The molecule has 1 atom stereocenters. The van der Waals surface area contributed by atoms with Crippen molar-refractivity contribution in [2.75, 3.05) is 13.7 Å². The summed E-state index contributed by atoms with van der Waals surface area (Å²) in [6.45, 7) is 0.306. The Hall–Kier alpha value is -1.63. The fourth-order valence-corrected chi connectivity index (χ4v) is 0.987. The van der Waals surface area contributed by atoms with Crippen LogP contribution in [0.2, 0.25) is 0 Å². The molecule has 0 rings (SSSR count). The molecule has 0 aliphatic heterocycles. The number of hydrogen-bond acceptors (Lipinski definition) is 5. The number of nitrogens with two attached hydrogens (primary N) is 2. The Labute approximate surface area is 93.5 Å².